The molecule has 0 unspecified atom stereocenters. The van der Waals surface area contributed by atoms with Crippen molar-refractivity contribution in [1.82, 2.24) is 4.98 Å². The van der Waals surface area contributed by atoms with Crippen molar-refractivity contribution in [2.24, 2.45) is 0 Å². The second kappa shape index (κ2) is 3.46. The number of nitrogens with zero attached hydrogens (tertiary/aromatic N) is 1. The smallest absolute Gasteiger partial charge is 0.172 e. The Labute approximate surface area is 84.2 Å². The zero-order chi connectivity index (χ0) is 9.26. The average Bonchev–Trinajstić information content (AvgIpc) is 2.92. The van der Waals surface area contributed by atoms with Gasteiger partial charge in [-0.1, -0.05) is 0 Å². The molecule has 0 atom stereocenters. The van der Waals surface area contributed by atoms with Crippen LogP contribution in [0.15, 0.2) is 16.7 Å². The molecule has 2 rings (SSSR count). The highest BCUT2D eigenvalue weighted by Gasteiger charge is 2.24. The predicted molar refractivity (Wildman–Crippen MR) is 51.0 cm³/mol. The first-order valence-electron chi connectivity index (χ1n) is 4.08. The van der Waals surface area contributed by atoms with E-state index in [1.165, 1.54) is 0 Å². The molecule has 1 fully saturated rings. The fourth-order valence-electron chi connectivity index (χ4n) is 0.987. The fourth-order valence-corrected chi connectivity index (χ4v) is 1.31. The van der Waals surface area contributed by atoms with E-state index in [2.05, 4.69) is 20.9 Å². The van der Waals surface area contributed by atoms with E-state index in [0.29, 0.717) is 28.4 Å². The normalized spacial score (nSPS) is 15.5. The van der Waals surface area contributed by atoms with Gasteiger partial charge in [0, 0.05) is 0 Å². The van der Waals surface area contributed by atoms with Gasteiger partial charge in [0.15, 0.2) is 6.29 Å². The maximum absolute atomic E-state index is 10.6. The fraction of sp³-hybridized carbons (Fsp3) is 0.333. The maximum Gasteiger partial charge on any atom is 0.172 e. The second-order valence-electron chi connectivity index (χ2n) is 2.95. The lowest BCUT2D eigenvalue weighted by Gasteiger charge is -2.05. The van der Waals surface area contributed by atoms with Gasteiger partial charge in [-0.3, -0.25) is 4.79 Å². The number of pyridine rings is 1. The van der Waals surface area contributed by atoms with Gasteiger partial charge in [-0.25, -0.2) is 4.98 Å². The molecule has 0 N–H and O–H groups in total. The minimum atomic E-state index is 0.293. The van der Waals surface area contributed by atoms with E-state index in [-0.39, 0.29) is 0 Å². The Morgan fingerprint density at radius 3 is 2.92 bits per heavy atom. The molecule has 1 aromatic rings. The number of carbonyl (C=O) groups is 1. The Morgan fingerprint density at radius 2 is 2.31 bits per heavy atom. The van der Waals surface area contributed by atoms with Crippen LogP contribution in [0.2, 0.25) is 0 Å². The minimum Gasteiger partial charge on any atom is -0.488 e. The van der Waals surface area contributed by atoms with Crippen molar-refractivity contribution in [3.8, 4) is 5.75 Å². The molecule has 0 aliphatic heterocycles. The van der Waals surface area contributed by atoms with Gasteiger partial charge < -0.3 is 4.74 Å². The molecule has 68 valence electrons. The van der Waals surface area contributed by atoms with Crippen LogP contribution in [-0.4, -0.2) is 17.4 Å². The minimum absolute atomic E-state index is 0.293. The summed E-state index contributed by atoms with van der Waals surface area (Å²) in [7, 11) is 0. The van der Waals surface area contributed by atoms with Crippen LogP contribution in [-0.2, 0) is 0 Å². The molecule has 1 aliphatic carbocycles. The molecule has 0 aromatic carbocycles. The number of aldehydes is 1. The topological polar surface area (TPSA) is 39.2 Å². The third-order valence-corrected chi connectivity index (χ3v) is 2.22. The molecule has 1 aromatic heterocycles. The molecule has 3 nitrogen and oxygen atoms in total. The van der Waals surface area contributed by atoms with Crippen molar-refractivity contribution in [2.75, 3.05) is 0 Å². The van der Waals surface area contributed by atoms with Crippen LogP contribution < -0.4 is 4.74 Å². The van der Waals surface area contributed by atoms with Gasteiger partial charge in [-0.2, -0.15) is 0 Å². The summed E-state index contributed by atoms with van der Waals surface area (Å²) in [6.07, 6.45) is 3.16. The van der Waals surface area contributed by atoms with E-state index >= 15 is 0 Å². The van der Waals surface area contributed by atoms with Gasteiger partial charge in [0.25, 0.3) is 0 Å². The van der Waals surface area contributed by atoms with E-state index < -0.39 is 0 Å². The van der Waals surface area contributed by atoms with Crippen LogP contribution in [0.5, 0.6) is 5.75 Å². The van der Waals surface area contributed by atoms with Crippen molar-refractivity contribution < 1.29 is 9.53 Å². The van der Waals surface area contributed by atoms with Crippen LogP contribution in [0.25, 0.3) is 0 Å². The number of hydrogen-bond acceptors (Lipinski definition) is 3. The summed E-state index contributed by atoms with van der Waals surface area (Å²) in [5.41, 5.74) is 0.362. The highest BCUT2D eigenvalue weighted by molar-refractivity contribution is 9.10. The van der Waals surface area contributed by atoms with Gasteiger partial charge in [0.05, 0.1) is 6.10 Å². The van der Waals surface area contributed by atoms with Crippen LogP contribution >= 0.6 is 15.9 Å². The first-order chi connectivity index (χ1) is 6.29. The SMILES string of the molecule is O=Cc1nc(Br)ccc1OC1CC1. The van der Waals surface area contributed by atoms with E-state index in [0.717, 1.165) is 12.8 Å². The molecule has 0 spiro atoms. The second-order valence-corrected chi connectivity index (χ2v) is 3.76. The molecule has 1 aliphatic rings. The van der Waals surface area contributed by atoms with Crippen molar-refractivity contribution in [2.45, 2.75) is 18.9 Å². The summed E-state index contributed by atoms with van der Waals surface area (Å²) in [6.45, 7) is 0. The Balaban J connectivity index is 2.25. The number of hydrogen-bond donors (Lipinski definition) is 0. The van der Waals surface area contributed by atoms with Crippen LogP contribution in [0.3, 0.4) is 0 Å². The van der Waals surface area contributed by atoms with Crippen LogP contribution in [0.1, 0.15) is 23.3 Å². The number of halogens is 1. The highest BCUT2D eigenvalue weighted by Crippen LogP contribution is 2.28. The lowest BCUT2D eigenvalue weighted by Crippen LogP contribution is -2.01. The van der Waals surface area contributed by atoms with Crippen molar-refractivity contribution in [3.63, 3.8) is 0 Å². The quantitative estimate of drug-likeness (QED) is 0.602. The monoisotopic (exact) mass is 241 g/mol. The van der Waals surface area contributed by atoms with Gasteiger partial charge in [-0.05, 0) is 40.9 Å². The summed E-state index contributed by atoms with van der Waals surface area (Å²) in [4.78, 5) is 14.6. The molecule has 1 heterocycles. The average molecular weight is 242 g/mol. The third kappa shape index (κ3) is 2.06. The number of rotatable bonds is 3. The molecular weight excluding hydrogens is 234 g/mol. The van der Waals surface area contributed by atoms with Gasteiger partial charge in [-0.15, -0.1) is 0 Å². The summed E-state index contributed by atoms with van der Waals surface area (Å²) in [5, 5.41) is 0. The van der Waals surface area contributed by atoms with E-state index in [4.69, 9.17) is 4.74 Å². The van der Waals surface area contributed by atoms with E-state index in [9.17, 15) is 4.79 Å². The lowest BCUT2D eigenvalue weighted by atomic mass is 10.3. The number of carbonyl (C=O) groups excluding carboxylic acids is 1. The summed E-state index contributed by atoms with van der Waals surface area (Å²) in [6, 6.07) is 3.53. The van der Waals surface area contributed by atoms with Crippen LogP contribution in [0.4, 0.5) is 0 Å². The largest absolute Gasteiger partial charge is 0.488 e. The first kappa shape index (κ1) is 8.69. The Morgan fingerprint density at radius 1 is 1.54 bits per heavy atom. The van der Waals surface area contributed by atoms with Crippen molar-refractivity contribution >= 4 is 22.2 Å². The van der Waals surface area contributed by atoms with Crippen molar-refractivity contribution in [1.29, 1.82) is 0 Å². The van der Waals surface area contributed by atoms with E-state index in [1.807, 2.05) is 0 Å². The van der Waals surface area contributed by atoms with E-state index in [1.54, 1.807) is 12.1 Å². The van der Waals surface area contributed by atoms with Crippen molar-refractivity contribution in [3.05, 3.63) is 22.4 Å². The summed E-state index contributed by atoms with van der Waals surface area (Å²) >= 11 is 3.19. The number of aromatic nitrogens is 1. The first-order valence-corrected chi connectivity index (χ1v) is 4.87. The highest BCUT2D eigenvalue weighted by atomic mass is 79.9. The molecule has 0 saturated heterocycles. The zero-order valence-corrected chi connectivity index (χ0v) is 8.45. The zero-order valence-electron chi connectivity index (χ0n) is 6.87. The molecule has 13 heavy (non-hydrogen) atoms. The Bertz CT molecular complexity index is 336. The molecule has 1 saturated carbocycles. The van der Waals surface area contributed by atoms with Gasteiger partial charge in [0.1, 0.15) is 16.0 Å². The number of ether oxygens (including phenoxy) is 1. The summed E-state index contributed by atoms with van der Waals surface area (Å²) in [5.74, 6) is 0.584. The molecule has 0 radical (unpaired) electrons. The molecule has 4 heteroatoms. The molecule has 0 bridgehead atoms. The maximum atomic E-state index is 10.6. The Kier molecular flexibility index (Phi) is 2.31. The standard InChI is InChI=1S/C9H8BrNO2/c10-9-4-3-8(7(5-12)11-9)13-6-1-2-6/h3-6H,1-2H2. The van der Waals surface area contributed by atoms with Crippen LogP contribution in [0, 0.1) is 0 Å². The Hall–Kier alpha value is -0.900. The van der Waals surface area contributed by atoms with Gasteiger partial charge >= 0.3 is 0 Å². The predicted octanol–water partition coefficient (Wildman–Crippen LogP) is 2.20. The molecular formula is C9H8BrNO2. The third-order valence-electron chi connectivity index (χ3n) is 1.78. The lowest BCUT2D eigenvalue weighted by molar-refractivity contribution is 0.111. The molecule has 0 amide bonds. The summed E-state index contributed by atoms with van der Waals surface area (Å²) < 4.78 is 6.14. The van der Waals surface area contributed by atoms with Gasteiger partial charge in [0.2, 0.25) is 0 Å².